The van der Waals surface area contributed by atoms with Gasteiger partial charge in [0.15, 0.2) is 0 Å². The number of amides is 1. The van der Waals surface area contributed by atoms with Gasteiger partial charge in [-0.1, -0.05) is 41.4 Å². The number of hydrogen-bond donors (Lipinski definition) is 1. The molecule has 0 aliphatic carbocycles. The standard InChI is InChI=1S/C17H16Cl2FNO2/c1-11(13-9-16(20)15(19)10-14(13)18)21-17(22)7-8-23-12-5-3-2-4-6-12/h2-6,9-11H,7-8H2,1H3,(H,21,22). The third-order valence-corrected chi connectivity index (χ3v) is 3.84. The maximum Gasteiger partial charge on any atom is 0.223 e. The highest BCUT2D eigenvalue weighted by molar-refractivity contribution is 6.35. The Labute approximate surface area is 144 Å². The third-order valence-electron chi connectivity index (χ3n) is 3.22. The zero-order valence-corrected chi connectivity index (χ0v) is 14.0. The zero-order chi connectivity index (χ0) is 16.8. The van der Waals surface area contributed by atoms with Crippen molar-refractivity contribution in [2.75, 3.05) is 6.61 Å². The van der Waals surface area contributed by atoms with Gasteiger partial charge in [-0.25, -0.2) is 4.39 Å². The summed E-state index contributed by atoms with van der Waals surface area (Å²) >= 11 is 11.7. The molecular weight excluding hydrogens is 340 g/mol. The number of carbonyl (C=O) groups is 1. The molecule has 2 aromatic rings. The molecule has 1 amide bonds. The van der Waals surface area contributed by atoms with Crippen LogP contribution < -0.4 is 10.1 Å². The molecule has 0 aromatic heterocycles. The van der Waals surface area contributed by atoms with Gasteiger partial charge in [0.1, 0.15) is 11.6 Å². The molecule has 0 saturated carbocycles. The number of hydrogen-bond acceptors (Lipinski definition) is 2. The Bertz CT molecular complexity index is 680. The van der Waals surface area contributed by atoms with E-state index in [0.717, 1.165) is 0 Å². The Hall–Kier alpha value is -1.78. The summed E-state index contributed by atoms with van der Waals surface area (Å²) < 4.78 is 19.0. The van der Waals surface area contributed by atoms with Crippen LogP contribution in [-0.4, -0.2) is 12.5 Å². The Morgan fingerprint density at radius 3 is 2.61 bits per heavy atom. The van der Waals surface area contributed by atoms with Gasteiger partial charge < -0.3 is 10.1 Å². The van der Waals surface area contributed by atoms with Gasteiger partial charge in [-0.3, -0.25) is 4.79 Å². The molecule has 0 bridgehead atoms. The van der Waals surface area contributed by atoms with Crippen molar-refractivity contribution in [3.05, 3.63) is 63.9 Å². The second kappa shape index (κ2) is 8.18. The fraction of sp³-hybridized carbons (Fsp3) is 0.235. The number of carbonyl (C=O) groups excluding carboxylic acids is 1. The fourth-order valence-electron chi connectivity index (χ4n) is 2.04. The van der Waals surface area contributed by atoms with Gasteiger partial charge >= 0.3 is 0 Å². The fourth-order valence-corrected chi connectivity index (χ4v) is 2.59. The molecule has 0 aliphatic rings. The smallest absolute Gasteiger partial charge is 0.223 e. The normalized spacial score (nSPS) is 11.8. The highest BCUT2D eigenvalue weighted by Crippen LogP contribution is 2.28. The summed E-state index contributed by atoms with van der Waals surface area (Å²) in [7, 11) is 0. The van der Waals surface area contributed by atoms with Gasteiger partial charge in [-0.05, 0) is 36.8 Å². The zero-order valence-electron chi connectivity index (χ0n) is 12.5. The molecule has 0 radical (unpaired) electrons. The molecule has 2 rings (SSSR count). The predicted octanol–water partition coefficient (Wildman–Crippen LogP) is 4.78. The second-order valence-corrected chi connectivity index (χ2v) is 5.80. The van der Waals surface area contributed by atoms with Crippen molar-refractivity contribution in [3.63, 3.8) is 0 Å². The minimum absolute atomic E-state index is 0.0477. The van der Waals surface area contributed by atoms with E-state index < -0.39 is 11.9 Å². The lowest BCUT2D eigenvalue weighted by atomic mass is 10.1. The van der Waals surface area contributed by atoms with Crippen LogP contribution >= 0.6 is 23.2 Å². The molecule has 2 aromatic carbocycles. The van der Waals surface area contributed by atoms with Gasteiger partial charge in [-0.15, -0.1) is 0 Å². The van der Waals surface area contributed by atoms with Crippen LogP contribution in [0.3, 0.4) is 0 Å². The van der Waals surface area contributed by atoms with Gasteiger partial charge in [0.2, 0.25) is 5.91 Å². The molecule has 0 spiro atoms. The quantitative estimate of drug-likeness (QED) is 0.757. The van der Waals surface area contributed by atoms with Crippen molar-refractivity contribution in [3.8, 4) is 5.75 Å². The molecule has 0 aliphatic heterocycles. The van der Waals surface area contributed by atoms with Crippen LogP contribution in [0.25, 0.3) is 0 Å². The first-order valence-electron chi connectivity index (χ1n) is 7.09. The van der Waals surface area contributed by atoms with Crippen LogP contribution in [0.5, 0.6) is 5.75 Å². The molecule has 0 fully saturated rings. The van der Waals surface area contributed by atoms with E-state index in [-0.39, 0.29) is 24.0 Å². The average Bonchev–Trinajstić information content (AvgIpc) is 2.51. The Morgan fingerprint density at radius 1 is 1.22 bits per heavy atom. The van der Waals surface area contributed by atoms with Crippen molar-refractivity contribution >= 4 is 29.1 Å². The van der Waals surface area contributed by atoms with Gasteiger partial charge in [0, 0.05) is 5.02 Å². The number of para-hydroxylation sites is 1. The van der Waals surface area contributed by atoms with Crippen molar-refractivity contribution < 1.29 is 13.9 Å². The van der Waals surface area contributed by atoms with E-state index in [2.05, 4.69) is 5.32 Å². The minimum atomic E-state index is -0.570. The maximum atomic E-state index is 13.5. The molecular formula is C17H16Cl2FNO2. The Kier molecular flexibility index (Phi) is 6.25. The van der Waals surface area contributed by atoms with Crippen LogP contribution in [0, 0.1) is 5.82 Å². The van der Waals surface area contributed by atoms with E-state index >= 15 is 0 Å². The van der Waals surface area contributed by atoms with Crippen molar-refractivity contribution in [2.24, 2.45) is 0 Å². The van der Waals surface area contributed by atoms with Crippen LogP contribution in [0.4, 0.5) is 4.39 Å². The molecule has 6 heteroatoms. The van der Waals surface area contributed by atoms with E-state index in [9.17, 15) is 9.18 Å². The summed E-state index contributed by atoms with van der Waals surface area (Å²) in [5.74, 6) is -0.0735. The molecule has 1 unspecified atom stereocenters. The summed E-state index contributed by atoms with van der Waals surface area (Å²) in [6.07, 6.45) is 0.187. The summed E-state index contributed by atoms with van der Waals surface area (Å²) in [5.41, 5.74) is 0.478. The highest BCUT2D eigenvalue weighted by Gasteiger charge is 2.15. The largest absolute Gasteiger partial charge is 0.493 e. The monoisotopic (exact) mass is 355 g/mol. The molecule has 1 N–H and O–H groups in total. The van der Waals surface area contributed by atoms with E-state index in [1.807, 2.05) is 30.3 Å². The first kappa shape index (κ1) is 17.6. The van der Waals surface area contributed by atoms with Crippen molar-refractivity contribution in [1.82, 2.24) is 5.32 Å². The van der Waals surface area contributed by atoms with Gasteiger partial charge in [-0.2, -0.15) is 0 Å². The van der Waals surface area contributed by atoms with Crippen molar-refractivity contribution in [2.45, 2.75) is 19.4 Å². The van der Waals surface area contributed by atoms with Gasteiger partial charge in [0.05, 0.1) is 24.1 Å². The number of ether oxygens (including phenoxy) is 1. The van der Waals surface area contributed by atoms with Crippen LogP contribution in [-0.2, 0) is 4.79 Å². The molecule has 0 heterocycles. The lowest BCUT2D eigenvalue weighted by molar-refractivity contribution is -0.122. The molecule has 0 saturated heterocycles. The number of benzene rings is 2. The van der Waals surface area contributed by atoms with Crippen LogP contribution in [0.1, 0.15) is 24.9 Å². The maximum absolute atomic E-state index is 13.5. The number of rotatable bonds is 6. The first-order chi connectivity index (χ1) is 11.0. The molecule has 3 nitrogen and oxygen atoms in total. The Balaban J connectivity index is 1.86. The first-order valence-corrected chi connectivity index (χ1v) is 7.84. The van der Waals surface area contributed by atoms with E-state index in [1.165, 1.54) is 12.1 Å². The predicted molar refractivity (Wildman–Crippen MR) is 89.5 cm³/mol. The highest BCUT2D eigenvalue weighted by atomic mass is 35.5. The van der Waals surface area contributed by atoms with Gasteiger partial charge in [0.25, 0.3) is 0 Å². The van der Waals surface area contributed by atoms with Crippen LogP contribution in [0.15, 0.2) is 42.5 Å². The summed E-state index contributed by atoms with van der Waals surface area (Å²) in [6, 6.07) is 11.4. The molecule has 1 atom stereocenters. The number of halogens is 3. The minimum Gasteiger partial charge on any atom is -0.493 e. The van der Waals surface area contributed by atoms with Crippen LogP contribution in [0.2, 0.25) is 10.0 Å². The second-order valence-electron chi connectivity index (χ2n) is 4.99. The molecule has 23 heavy (non-hydrogen) atoms. The number of nitrogens with one attached hydrogen (secondary N) is 1. The summed E-state index contributed by atoms with van der Waals surface area (Å²) in [5, 5.41) is 3.02. The molecule has 122 valence electrons. The lowest BCUT2D eigenvalue weighted by Crippen LogP contribution is -2.28. The lowest BCUT2D eigenvalue weighted by Gasteiger charge is -2.16. The van der Waals surface area contributed by atoms with E-state index in [0.29, 0.717) is 16.3 Å². The van der Waals surface area contributed by atoms with E-state index in [4.69, 9.17) is 27.9 Å². The summed E-state index contributed by atoms with van der Waals surface area (Å²) in [6.45, 7) is 1.98. The average molecular weight is 356 g/mol. The Morgan fingerprint density at radius 2 is 1.91 bits per heavy atom. The third kappa shape index (κ3) is 5.12. The SMILES string of the molecule is CC(NC(=O)CCOc1ccccc1)c1cc(F)c(Cl)cc1Cl. The summed E-state index contributed by atoms with van der Waals surface area (Å²) in [4.78, 5) is 11.9. The van der Waals surface area contributed by atoms with E-state index in [1.54, 1.807) is 6.92 Å². The topological polar surface area (TPSA) is 38.3 Å². The van der Waals surface area contributed by atoms with Crippen molar-refractivity contribution in [1.29, 1.82) is 0 Å².